The molecule has 1 heterocycles. The van der Waals surface area contributed by atoms with E-state index in [0.717, 1.165) is 58.2 Å². The summed E-state index contributed by atoms with van der Waals surface area (Å²) in [6, 6.07) is 0.720. The van der Waals surface area contributed by atoms with Gasteiger partial charge in [0.25, 0.3) is 0 Å². The van der Waals surface area contributed by atoms with Gasteiger partial charge in [-0.25, -0.2) is 0 Å². The zero-order chi connectivity index (χ0) is 13.0. The van der Waals surface area contributed by atoms with Crippen molar-refractivity contribution in [3.8, 4) is 0 Å². The van der Waals surface area contributed by atoms with Crippen LogP contribution < -0.4 is 11.1 Å². The third-order valence-electron chi connectivity index (χ3n) is 4.52. The van der Waals surface area contributed by atoms with Gasteiger partial charge in [0.2, 0.25) is 5.91 Å². The van der Waals surface area contributed by atoms with Crippen molar-refractivity contribution >= 4 is 5.91 Å². The van der Waals surface area contributed by atoms with Crippen molar-refractivity contribution in [2.45, 2.75) is 57.5 Å². The molecule has 0 radical (unpaired) electrons. The maximum absolute atomic E-state index is 12.2. The Morgan fingerprint density at radius 3 is 2.33 bits per heavy atom. The lowest BCUT2D eigenvalue weighted by Crippen LogP contribution is -2.47. The fourth-order valence-corrected chi connectivity index (χ4v) is 3.09. The van der Waals surface area contributed by atoms with E-state index in [0.29, 0.717) is 12.1 Å². The number of nitrogens with zero attached hydrogens (tertiary/aromatic N) is 1. The monoisotopic (exact) mass is 253 g/mol. The topological polar surface area (TPSA) is 58.4 Å². The highest BCUT2D eigenvalue weighted by molar-refractivity contribution is 5.79. The van der Waals surface area contributed by atoms with Crippen molar-refractivity contribution < 1.29 is 4.79 Å². The van der Waals surface area contributed by atoms with Crippen molar-refractivity contribution in [1.29, 1.82) is 0 Å². The highest BCUT2D eigenvalue weighted by Crippen LogP contribution is 2.23. The van der Waals surface area contributed by atoms with Crippen LogP contribution in [0.4, 0.5) is 0 Å². The van der Waals surface area contributed by atoms with Crippen molar-refractivity contribution in [1.82, 2.24) is 10.2 Å². The number of carbonyl (C=O) groups excluding carboxylic acids is 1. The fourth-order valence-electron chi connectivity index (χ4n) is 3.09. The average molecular weight is 253 g/mol. The number of hydrogen-bond acceptors (Lipinski definition) is 3. The minimum Gasteiger partial charge on any atom is -0.353 e. The molecule has 4 heteroatoms. The molecule has 1 aliphatic heterocycles. The van der Waals surface area contributed by atoms with Gasteiger partial charge in [0, 0.05) is 31.1 Å². The number of rotatable bonds is 3. The first-order valence-electron chi connectivity index (χ1n) is 7.47. The maximum atomic E-state index is 12.2. The van der Waals surface area contributed by atoms with E-state index in [4.69, 9.17) is 5.73 Å². The number of likely N-dealkylation sites (tertiary alicyclic amines) is 1. The lowest BCUT2D eigenvalue weighted by molar-refractivity contribution is -0.127. The van der Waals surface area contributed by atoms with Crippen molar-refractivity contribution in [2.24, 2.45) is 11.7 Å². The second kappa shape index (κ2) is 6.53. The number of nitrogens with two attached hydrogens (primary N) is 1. The van der Waals surface area contributed by atoms with Crippen LogP contribution in [-0.4, -0.2) is 42.5 Å². The second-order valence-corrected chi connectivity index (χ2v) is 5.83. The van der Waals surface area contributed by atoms with Gasteiger partial charge in [0.05, 0.1) is 0 Å². The molecule has 1 saturated heterocycles. The van der Waals surface area contributed by atoms with E-state index in [1.807, 2.05) is 0 Å². The summed E-state index contributed by atoms with van der Waals surface area (Å²) in [5.74, 6) is 0.492. The lowest BCUT2D eigenvalue weighted by Gasteiger charge is -2.33. The predicted octanol–water partition coefficient (Wildman–Crippen LogP) is 1.10. The molecule has 2 rings (SSSR count). The van der Waals surface area contributed by atoms with Crippen molar-refractivity contribution in [2.75, 3.05) is 19.6 Å². The highest BCUT2D eigenvalue weighted by atomic mass is 16.1. The summed E-state index contributed by atoms with van der Waals surface area (Å²) in [6.07, 6.45) is 6.16. The van der Waals surface area contributed by atoms with E-state index in [1.165, 1.54) is 0 Å². The first-order valence-corrected chi connectivity index (χ1v) is 7.47. The number of amides is 1. The summed E-state index contributed by atoms with van der Waals surface area (Å²) in [7, 11) is 0. The summed E-state index contributed by atoms with van der Waals surface area (Å²) in [4.78, 5) is 14.6. The second-order valence-electron chi connectivity index (χ2n) is 5.83. The zero-order valence-electron chi connectivity index (χ0n) is 11.5. The number of carbonyl (C=O) groups is 1. The summed E-state index contributed by atoms with van der Waals surface area (Å²) >= 11 is 0. The van der Waals surface area contributed by atoms with Gasteiger partial charge in [0.1, 0.15) is 0 Å². The summed E-state index contributed by atoms with van der Waals surface area (Å²) in [5.41, 5.74) is 5.87. The van der Waals surface area contributed by atoms with E-state index >= 15 is 0 Å². The van der Waals surface area contributed by atoms with Gasteiger partial charge >= 0.3 is 0 Å². The molecule has 18 heavy (non-hydrogen) atoms. The lowest BCUT2D eigenvalue weighted by atomic mass is 9.85. The van der Waals surface area contributed by atoms with Crippen LogP contribution in [0.2, 0.25) is 0 Å². The Morgan fingerprint density at radius 1 is 1.17 bits per heavy atom. The van der Waals surface area contributed by atoms with Gasteiger partial charge in [-0.05, 0) is 45.1 Å². The van der Waals surface area contributed by atoms with Crippen LogP contribution in [0.5, 0.6) is 0 Å². The molecule has 1 aliphatic carbocycles. The Labute approximate surface area is 110 Å². The molecule has 0 aromatic rings. The Hall–Kier alpha value is -0.610. The highest BCUT2D eigenvalue weighted by Gasteiger charge is 2.27. The van der Waals surface area contributed by atoms with Crippen LogP contribution in [0.1, 0.15) is 45.4 Å². The fraction of sp³-hybridized carbons (Fsp3) is 0.929. The molecular weight excluding hydrogens is 226 g/mol. The molecular formula is C14H27N3O. The first-order chi connectivity index (χ1) is 8.69. The summed E-state index contributed by atoms with van der Waals surface area (Å²) < 4.78 is 0. The van der Waals surface area contributed by atoms with Crippen LogP contribution in [0.25, 0.3) is 0 Å². The van der Waals surface area contributed by atoms with Gasteiger partial charge in [-0.15, -0.1) is 0 Å². The van der Waals surface area contributed by atoms with Crippen molar-refractivity contribution in [3.05, 3.63) is 0 Å². The smallest absolute Gasteiger partial charge is 0.223 e. The third kappa shape index (κ3) is 3.69. The molecule has 0 atom stereocenters. The molecule has 4 nitrogen and oxygen atoms in total. The summed E-state index contributed by atoms with van der Waals surface area (Å²) in [6.45, 7) is 5.57. The van der Waals surface area contributed by atoms with Gasteiger partial charge in [0.15, 0.2) is 0 Å². The molecule has 3 N–H and O–H groups in total. The average Bonchev–Trinajstić information content (AvgIpc) is 2.40. The van der Waals surface area contributed by atoms with Crippen LogP contribution in [0.15, 0.2) is 0 Å². The number of nitrogens with one attached hydrogen (secondary N) is 1. The first kappa shape index (κ1) is 13.8. The van der Waals surface area contributed by atoms with Gasteiger partial charge < -0.3 is 16.0 Å². The van der Waals surface area contributed by atoms with Gasteiger partial charge in [-0.3, -0.25) is 4.79 Å². The van der Waals surface area contributed by atoms with Crippen LogP contribution in [-0.2, 0) is 4.79 Å². The standard InChI is InChI=1S/C14H27N3O/c1-2-17-9-7-13(8-10-17)16-14(18)11-3-5-12(15)6-4-11/h11-13H,2-10,15H2,1H3,(H,16,18). The Bertz CT molecular complexity index is 266. The quantitative estimate of drug-likeness (QED) is 0.792. The molecule has 0 spiro atoms. The van der Waals surface area contributed by atoms with Crippen LogP contribution in [0, 0.1) is 5.92 Å². The van der Waals surface area contributed by atoms with E-state index in [-0.39, 0.29) is 11.8 Å². The molecule has 104 valence electrons. The van der Waals surface area contributed by atoms with E-state index in [2.05, 4.69) is 17.1 Å². The molecule has 1 amide bonds. The zero-order valence-corrected chi connectivity index (χ0v) is 11.5. The van der Waals surface area contributed by atoms with Crippen LogP contribution >= 0.6 is 0 Å². The van der Waals surface area contributed by atoms with Crippen molar-refractivity contribution in [3.63, 3.8) is 0 Å². The Kier molecular flexibility index (Phi) is 5.01. The SMILES string of the molecule is CCN1CCC(NC(=O)C2CCC(N)CC2)CC1. The summed E-state index contributed by atoms with van der Waals surface area (Å²) in [5, 5.41) is 3.24. The van der Waals surface area contributed by atoms with Crippen LogP contribution in [0.3, 0.4) is 0 Å². The minimum atomic E-state index is 0.217. The molecule has 0 aromatic carbocycles. The van der Waals surface area contributed by atoms with Gasteiger partial charge in [-0.2, -0.15) is 0 Å². The molecule has 1 saturated carbocycles. The van der Waals surface area contributed by atoms with E-state index in [1.54, 1.807) is 0 Å². The minimum absolute atomic E-state index is 0.217. The number of piperidine rings is 1. The maximum Gasteiger partial charge on any atom is 0.223 e. The molecule has 0 bridgehead atoms. The van der Waals surface area contributed by atoms with Gasteiger partial charge in [-0.1, -0.05) is 6.92 Å². The largest absolute Gasteiger partial charge is 0.353 e. The van der Waals surface area contributed by atoms with E-state index < -0.39 is 0 Å². The molecule has 0 unspecified atom stereocenters. The Morgan fingerprint density at radius 2 is 1.78 bits per heavy atom. The predicted molar refractivity (Wildman–Crippen MR) is 73.2 cm³/mol. The van der Waals surface area contributed by atoms with E-state index in [9.17, 15) is 4.79 Å². The number of hydrogen-bond donors (Lipinski definition) is 2. The normalized spacial score (nSPS) is 31.2. The molecule has 2 fully saturated rings. The molecule has 2 aliphatic rings. The Balaban J connectivity index is 1.71. The third-order valence-corrected chi connectivity index (χ3v) is 4.52. The molecule has 0 aromatic heterocycles.